The molecular formula is C20H16FN3O2S. The number of pyridine rings is 1. The predicted octanol–water partition coefficient (Wildman–Crippen LogP) is 4.82. The Balaban J connectivity index is 1.74. The molecule has 5 nitrogen and oxygen atoms in total. The molecule has 4 aromatic rings. The zero-order chi connectivity index (χ0) is 19.0. The number of carbonyl (C=O) groups is 1. The number of nitrogens with two attached hydrogens (primary N) is 1. The number of thiophene rings is 1. The summed E-state index contributed by atoms with van der Waals surface area (Å²) >= 11 is 1.21. The summed E-state index contributed by atoms with van der Waals surface area (Å²) in [5.74, 6) is -0.0688. The molecule has 0 unspecified atom stereocenters. The number of hydrogen-bond acceptors (Lipinski definition) is 5. The maximum atomic E-state index is 13.3. The minimum Gasteiger partial charge on any atom is -0.494 e. The van der Waals surface area contributed by atoms with Crippen molar-refractivity contribution in [3.63, 3.8) is 0 Å². The molecule has 136 valence electrons. The molecule has 0 aliphatic rings. The van der Waals surface area contributed by atoms with Gasteiger partial charge >= 0.3 is 0 Å². The number of aromatic nitrogens is 1. The van der Waals surface area contributed by atoms with Gasteiger partial charge in [0.05, 0.1) is 17.8 Å². The molecule has 1 amide bonds. The first-order valence-electron chi connectivity index (χ1n) is 8.37. The smallest absolute Gasteiger partial charge is 0.267 e. The van der Waals surface area contributed by atoms with Crippen LogP contribution in [0.1, 0.15) is 16.6 Å². The van der Waals surface area contributed by atoms with Crippen LogP contribution in [0.2, 0.25) is 0 Å². The van der Waals surface area contributed by atoms with Crippen LogP contribution in [0, 0.1) is 5.82 Å². The maximum absolute atomic E-state index is 13.3. The van der Waals surface area contributed by atoms with Crippen molar-refractivity contribution in [3.05, 3.63) is 59.2 Å². The first-order chi connectivity index (χ1) is 13.0. The molecule has 0 aliphatic carbocycles. The summed E-state index contributed by atoms with van der Waals surface area (Å²) in [7, 11) is 0. The van der Waals surface area contributed by atoms with E-state index in [9.17, 15) is 9.18 Å². The van der Waals surface area contributed by atoms with Gasteiger partial charge in [0.2, 0.25) is 0 Å². The normalized spacial score (nSPS) is 11.0. The van der Waals surface area contributed by atoms with E-state index in [1.165, 1.54) is 29.5 Å². The van der Waals surface area contributed by atoms with E-state index in [1.54, 1.807) is 6.07 Å². The van der Waals surface area contributed by atoms with Gasteiger partial charge in [0.15, 0.2) is 0 Å². The summed E-state index contributed by atoms with van der Waals surface area (Å²) in [6.45, 7) is 2.49. The Morgan fingerprint density at radius 1 is 1.26 bits per heavy atom. The van der Waals surface area contributed by atoms with Crippen LogP contribution in [0.25, 0.3) is 21.1 Å². The lowest BCUT2D eigenvalue weighted by atomic mass is 10.1. The fourth-order valence-electron chi connectivity index (χ4n) is 2.85. The Hall–Kier alpha value is -3.19. The molecule has 2 aromatic carbocycles. The van der Waals surface area contributed by atoms with Gasteiger partial charge in [-0.3, -0.25) is 4.79 Å². The van der Waals surface area contributed by atoms with Gasteiger partial charge in [0.1, 0.15) is 21.3 Å². The zero-order valence-electron chi connectivity index (χ0n) is 14.5. The van der Waals surface area contributed by atoms with Crippen LogP contribution >= 0.6 is 11.3 Å². The third kappa shape index (κ3) is 3.29. The van der Waals surface area contributed by atoms with Gasteiger partial charge in [-0.05, 0) is 43.3 Å². The number of rotatable bonds is 4. The average Bonchev–Trinajstić information content (AvgIpc) is 2.96. The maximum Gasteiger partial charge on any atom is 0.267 e. The van der Waals surface area contributed by atoms with E-state index in [1.807, 2.05) is 31.2 Å². The molecule has 4 rings (SSSR count). The first kappa shape index (κ1) is 17.2. The van der Waals surface area contributed by atoms with Crippen LogP contribution in [-0.4, -0.2) is 17.5 Å². The Kier molecular flexibility index (Phi) is 4.37. The largest absolute Gasteiger partial charge is 0.494 e. The van der Waals surface area contributed by atoms with Crippen LogP contribution in [0.5, 0.6) is 5.75 Å². The molecule has 27 heavy (non-hydrogen) atoms. The SMILES string of the molecule is CCOc1ccc2cc3c(N)c(C(=O)Nc4cccc(F)c4)sc3nc2c1. The Morgan fingerprint density at radius 2 is 2.11 bits per heavy atom. The van der Waals surface area contributed by atoms with Crippen LogP contribution < -0.4 is 15.8 Å². The molecule has 0 atom stereocenters. The molecule has 2 aromatic heterocycles. The molecule has 2 heterocycles. The number of nitrogen functional groups attached to an aromatic ring is 1. The summed E-state index contributed by atoms with van der Waals surface area (Å²) < 4.78 is 18.8. The Morgan fingerprint density at radius 3 is 2.89 bits per heavy atom. The second-order valence-corrected chi connectivity index (χ2v) is 6.94. The highest BCUT2D eigenvalue weighted by Crippen LogP contribution is 2.35. The van der Waals surface area contributed by atoms with Crippen molar-refractivity contribution in [3.8, 4) is 5.75 Å². The standard InChI is InChI=1S/C20H16FN3O2S/c1-2-26-14-7-6-11-8-15-17(22)18(27-20(15)24-16(11)10-14)19(25)23-13-5-3-4-12(21)9-13/h3-10H,2,22H2,1H3,(H,23,25). The highest BCUT2D eigenvalue weighted by atomic mass is 32.1. The van der Waals surface area contributed by atoms with Crippen LogP contribution in [0.4, 0.5) is 15.8 Å². The molecule has 0 bridgehead atoms. The van der Waals surface area contributed by atoms with Crippen molar-refractivity contribution in [2.45, 2.75) is 6.92 Å². The quantitative estimate of drug-likeness (QED) is 0.531. The number of nitrogens with one attached hydrogen (secondary N) is 1. The lowest BCUT2D eigenvalue weighted by Crippen LogP contribution is -2.12. The Bertz CT molecular complexity index is 1170. The second kappa shape index (κ2) is 6.85. The summed E-state index contributed by atoms with van der Waals surface area (Å²) in [6.07, 6.45) is 0. The monoisotopic (exact) mass is 381 g/mol. The summed E-state index contributed by atoms with van der Waals surface area (Å²) in [4.78, 5) is 18.2. The van der Waals surface area contributed by atoms with Gasteiger partial charge in [-0.15, -0.1) is 11.3 Å². The molecule has 0 saturated carbocycles. The lowest BCUT2D eigenvalue weighted by Gasteiger charge is -2.04. The average molecular weight is 381 g/mol. The van der Waals surface area contributed by atoms with E-state index in [0.717, 1.165) is 22.0 Å². The van der Waals surface area contributed by atoms with Gasteiger partial charge in [-0.25, -0.2) is 9.37 Å². The Labute approximate surface area is 158 Å². The topological polar surface area (TPSA) is 77.2 Å². The molecule has 0 saturated heterocycles. The summed E-state index contributed by atoms with van der Waals surface area (Å²) in [6, 6.07) is 13.3. The van der Waals surface area contributed by atoms with Gasteiger partial charge in [-0.2, -0.15) is 0 Å². The van der Waals surface area contributed by atoms with E-state index in [4.69, 9.17) is 10.5 Å². The van der Waals surface area contributed by atoms with E-state index in [0.29, 0.717) is 27.7 Å². The predicted molar refractivity (Wildman–Crippen MR) is 107 cm³/mol. The van der Waals surface area contributed by atoms with Gasteiger partial charge in [0.25, 0.3) is 5.91 Å². The number of anilines is 2. The van der Waals surface area contributed by atoms with Crippen molar-refractivity contribution in [2.75, 3.05) is 17.7 Å². The molecule has 0 fully saturated rings. The number of nitrogens with zero attached hydrogens (tertiary/aromatic N) is 1. The van der Waals surface area contributed by atoms with E-state index in [-0.39, 0.29) is 5.91 Å². The third-order valence-corrected chi connectivity index (χ3v) is 5.20. The minimum atomic E-state index is -0.421. The van der Waals surface area contributed by atoms with E-state index < -0.39 is 5.82 Å². The van der Waals surface area contributed by atoms with Gasteiger partial charge in [0, 0.05) is 22.5 Å². The summed E-state index contributed by atoms with van der Waals surface area (Å²) in [5, 5.41) is 4.30. The first-order valence-corrected chi connectivity index (χ1v) is 9.19. The second-order valence-electron chi connectivity index (χ2n) is 5.94. The van der Waals surface area contributed by atoms with Crippen molar-refractivity contribution in [1.29, 1.82) is 0 Å². The minimum absolute atomic E-state index is 0.349. The van der Waals surface area contributed by atoms with Crippen molar-refractivity contribution >= 4 is 49.7 Å². The van der Waals surface area contributed by atoms with Crippen molar-refractivity contribution in [2.24, 2.45) is 0 Å². The van der Waals surface area contributed by atoms with Crippen LogP contribution in [0.15, 0.2) is 48.5 Å². The molecule has 3 N–H and O–H groups in total. The highest BCUT2D eigenvalue weighted by Gasteiger charge is 2.18. The number of ether oxygens (including phenoxy) is 1. The molecule has 0 aliphatic heterocycles. The lowest BCUT2D eigenvalue weighted by molar-refractivity contribution is 0.103. The van der Waals surface area contributed by atoms with Gasteiger partial charge in [-0.1, -0.05) is 6.07 Å². The fourth-order valence-corrected chi connectivity index (χ4v) is 3.83. The number of amides is 1. The van der Waals surface area contributed by atoms with Crippen molar-refractivity contribution in [1.82, 2.24) is 4.98 Å². The molecule has 0 radical (unpaired) electrons. The number of carbonyl (C=O) groups excluding carboxylic acids is 1. The number of halogens is 1. The number of fused-ring (bicyclic) bond motifs is 2. The van der Waals surface area contributed by atoms with E-state index in [2.05, 4.69) is 10.3 Å². The van der Waals surface area contributed by atoms with E-state index >= 15 is 0 Å². The molecule has 0 spiro atoms. The number of benzene rings is 2. The summed E-state index contributed by atoms with van der Waals surface area (Å²) in [5.41, 5.74) is 7.71. The highest BCUT2D eigenvalue weighted by molar-refractivity contribution is 7.21. The van der Waals surface area contributed by atoms with Gasteiger partial charge < -0.3 is 15.8 Å². The third-order valence-electron chi connectivity index (χ3n) is 4.09. The molecule has 7 heteroatoms. The van der Waals surface area contributed by atoms with Crippen LogP contribution in [0.3, 0.4) is 0 Å². The molecular weight excluding hydrogens is 365 g/mol. The van der Waals surface area contributed by atoms with Crippen molar-refractivity contribution < 1.29 is 13.9 Å². The van der Waals surface area contributed by atoms with Crippen LogP contribution in [-0.2, 0) is 0 Å². The zero-order valence-corrected chi connectivity index (χ0v) is 15.3. The number of hydrogen-bond donors (Lipinski definition) is 2. The fraction of sp³-hybridized carbons (Fsp3) is 0.100.